The second kappa shape index (κ2) is 4.52. The van der Waals surface area contributed by atoms with Crippen LogP contribution < -0.4 is 5.73 Å². The van der Waals surface area contributed by atoms with Crippen LogP contribution in [0.25, 0.3) is 0 Å². The predicted molar refractivity (Wildman–Crippen MR) is 68.3 cm³/mol. The smallest absolute Gasteiger partial charge is 0.150 e. The molecular weight excluding hydrogens is 231 g/mol. The van der Waals surface area contributed by atoms with Gasteiger partial charge in [0, 0.05) is 31.1 Å². The highest BCUT2D eigenvalue weighted by atomic mass is 19.1. The third-order valence-electron chi connectivity index (χ3n) is 4.40. The number of rotatable bonds is 2. The van der Waals surface area contributed by atoms with Crippen molar-refractivity contribution < 1.29 is 9.50 Å². The number of anilines is 1. The highest BCUT2D eigenvalue weighted by Crippen LogP contribution is 2.38. The quantitative estimate of drug-likeness (QED) is 0.784. The van der Waals surface area contributed by atoms with E-state index in [1.165, 1.54) is 0 Å². The number of nitrogen functional groups attached to an aromatic ring is 1. The van der Waals surface area contributed by atoms with Crippen molar-refractivity contribution in [2.75, 3.05) is 18.8 Å². The Morgan fingerprint density at radius 1 is 1.33 bits per heavy atom. The van der Waals surface area contributed by atoms with Gasteiger partial charge in [-0.2, -0.15) is 0 Å². The monoisotopic (exact) mass is 250 g/mol. The Balaban J connectivity index is 1.70. The molecule has 1 aromatic carbocycles. The van der Waals surface area contributed by atoms with Crippen LogP contribution in [-0.4, -0.2) is 29.2 Å². The first-order chi connectivity index (χ1) is 8.65. The van der Waals surface area contributed by atoms with Crippen molar-refractivity contribution in [3.05, 3.63) is 29.6 Å². The highest BCUT2D eigenvalue weighted by molar-refractivity contribution is 5.42. The second-order valence-electron chi connectivity index (χ2n) is 5.58. The molecule has 3 N–H and O–H groups in total. The van der Waals surface area contributed by atoms with Gasteiger partial charge in [0.2, 0.25) is 0 Å². The van der Waals surface area contributed by atoms with Gasteiger partial charge in [0.05, 0.1) is 11.8 Å². The lowest BCUT2D eigenvalue weighted by Gasteiger charge is -2.18. The zero-order valence-corrected chi connectivity index (χ0v) is 10.3. The highest BCUT2D eigenvalue weighted by Gasteiger charge is 2.41. The van der Waals surface area contributed by atoms with Gasteiger partial charge in [-0.1, -0.05) is 12.1 Å². The molecule has 98 valence electrons. The maximum absolute atomic E-state index is 13.8. The molecule has 0 bridgehead atoms. The topological polar surface area (TPSA) is 49.5 Å². The number of likely N-dealkylation sites (tertiary alicyclic amines) is 1. The number of hydrogen-bond donors (Lipinski definition) is 2. The van der Waals surface area contributed by atoms with E-state index in [4.69, 9.17) is 5.73 Å². The molecule has 1 aromatic rings. The van der Waals surface area contributed by atoms with E-state index in [1.807, 2.05) is 0 Å². The van der Waals surface area contributed by atoms with Gasteiger partial charge in [-0.05, 0) is 24.8 Å². The SMILES string of the molecule is Nc1cccc(CN2CC3CCC(O)C3C2)c1F. The van der Waals surface area contributed by atoms with Crippen LogP contribution in [-0.2, 0) is 6.54 Å². The van der Waals surface area contributed by atoms with Crippen molar-refractivity contribution in [2.24, 2.45) is 11.8 Å². The summed E-state index contributed by atoms with van der Waals surface area (Å²) in [5.41, 5.74) is 6.45. The summed E-state index contributed by atoms with van der Waals surface area (Å²) in [6, 6.07) is 5.16. The van der Waals surface area contributed by atoms with Crippen molar-refractivity contribution in [2.45, 2.75) is 25.5 Å². The molecule has 0 radical (unpaired) electrons. The number of benzene rings is 1. The maximum atomic E-state index is 13.8. The van der Waals surface area contributed by atoms with Crippen molar-refractivity contribution >= 4 is 5.69 Å². The molecule has 1 saturated carbocycles. The van der Waals surface area contributed by atoms with Gasteiger partial charge < -0.3 is 10.8 Å². The van der Waals surface area contributed by atoms with E-state index in [0.29, 0.717) is 23.9 Å². The van der Waals surface area contributed by atoms with Gasteiger partial charge in [0.25, 0.3) is 0 Å². The fraction of sp³-hybridized carbons (Fsp3) is 0.571. The fourth-order valence-electron chi connectivity index (χ4n) is 3.42. The standard InChI is InChI=1S/C14H19FN2O/c15-14-10(2-1-3-12(14)16)7-17-6-9-4-5-13(18)11(9)8-17/h1-3,9,11,13,18H,4-8,16H2. The molecule has 1 saturated heterocycles. The van der Waals surface area contributed by atoms with Crippen LogP contribution in [0.4, 0.5) is 10.1 Å². The molecule has 1 aliphatic carbocycles. The minimum absolute atomic E-state index is 0.161. The van der Waals surface area contributed by atoms with Crippen molar-refractivity contribution in [1.82, 2.24) is 4.90 Å². The Bertz CT molecular complexity index is 451. The molecule has 2 aliphatic rings. The number of nitrogens with two attached hydrogens (primary N) is 1. The number of halogens is 1. The van der Waals surface area contributed by atoms with Crippen LogP contribution >= 0.6 is 0 Å². The van der Waals surface area contributed by atoms with Gasteiger partial charge in [-0.3, -0.25) is 4.90 Å². The Morgan fingerprint density at radius 2 is 2.17 bits per heavy atom. The average Bonchev–Trinajstić information content (AvgIpc) is 2.88. The molecule has 0 aromatic heterocycles. The molecule has 4 heteroatoms. The van der Waals surface area contributed by atoms with E-state index in [2.05, 4.69) is 4.90 Å². The third kappa shape index (κ3) is 1.99. The molecule has 3 atom stereocenters. The number of aliphatic hydroxyl groups is 1. The van der Waals surface area contributed by atoms with E-state index >= 15 is 0 Å². The molecule has 3 unspecified atom stereocenters. The van der Waals surface area contributed by atoms with Crippen LogP contribution in [0.2, 0.25) is 0 Å². The minimum atomic E-state index is -0.296. The lowest BCUT2D eigenvalue weighted by Crippen LogP contribution is -2.25. The summed E-state index contributed by atoms with van der Waals surface area (Å²) in [4.78, 5) is 2.23. The van der Waals surface area contributed by atoms with E-state index in [1.54, 1.807) is 18.2 Å². The van der Waals surface area contributed by atoms with Crippen molar-refractivity contribution in [3.63, 3.8) is 0 Å². The number of aliphatic hydroxyl groups excluding tert-OH is 1. The van der Waals surface area contributed by atoms with Gasteiger partial charge in [-0.25, -0.2) is 4.39 Å². The summed E-state index contributed by atoms with van der Waals surface area (Å²) >= 11 is 0. The van der Waals surface area contributed by atoms with Crippen LogP contribution in [0.3, 0.4) is 0 Å². The Labute approximate surface area is 106 Å². The maximum Gasteiger partial charge on any atom is 0.150 e. The van der Waals surface area contributed by atoms with Crippen molar-refractivity contribution in [1.29, 1.82) is 0 Å². The molecule has 1 aliphatic heterocycles. The Morgan fingerprint density at radius 3 is 2.94 bits per heavy atom. The number of hydrogen-bond acceptors (Lipinski definition) is 3. The predicted octanol–water partition coefficient (Wildman–Crippen LogP) is 1.61. The van der Waals surface area contributed by atoms with Crippen molar-refractivity contribution in [3.8, 4) is 0 Å². The minimum Gasteiger partial charge on any atom is -0.396 e. The summed E-state index contributed by atoms with van der Waals surface area (Å²) in [6.45, 7) is 2.44. The van der Waals surface area contributed by atoms with E-state index in [-0.39, 0.29) is 17.6 Å². The van der Waals surface area contributed by atoms with Gasteiger partial charge in [0.15, 0.2) is 5.82 Å². The van der Waals surface area contributed by atoms with Gasteiger partial charge in [-0.15, -0.1) is 0 Å². The Hall–Kier alpha value is -1.13. The first kappa shape index (κ1) is 11.9. The summed E-state index contributed by atoms with van der Waals surface area (Å²) in [5, 5.41) is 9.86. The molecular formula is C14H19FN2O. The van der Waals surface area contributed by atoms with Gasteiger partial charge >= 0.3 is 0 Å². The Kier molecular flexibility index (Phi) is 2.99. The lowest BCUT2D eigenvalue weighted by molar-refractivity contribution is 0.123. The fourth-order valence-corrected chi connectivity index (χ4v) is 3.42. The first-order valence-electron chi connectivity index (χ1n) is 6.58. The zero-order chi connectivity index (χ0) is 12.7. The van der Waals surface area contributed by atoms with E-state index in [9.17, 15) is 9.50 Å². The van der Waals surface area contributed by atoms with Gasteiger partial charge in [0.1, 0.15) is 0 Å². The van der Waals surface area contributed by atoms with Crippen LogP contribution in [0, 0.1) is 17.7 Å². The molecule has 3 rings (SSSR count). The zero-order valence-electron chi connectivity index (χ0n) is 10.3. The summed E-state index contributed by atoms with van der Waals surface area (Å²) in [6.07, 6.45) is 1.86. The molecule has 18 heavy (non-hydrogen) atoms. The lowest BCUT2D eigenvalue weighted by atomic mass is 10.00. The molecule has 2 fully saturated rings. The molecule has 0 spiro atoms. The summed E-state index contributed by atoms with van der Waals surface area (Å²) in [5.74, 6) is 0.674. The number of nitrogens with zero attached hydrogens (tertiary/aromatic N) is 1. The molecule has 1 heterocycles. The van der Waals surface area contributed by atoms with Crippen LogP contribution in [0.1, 0.15) is 18.4 Å². The molecule has 3 nitrogen and oxygen atoms in total. The van der Waals surface area contributed by atoms with Crippen LogP contribution in [0.5, 0.6) is 0 Å². The second-order valence-corrected chi connectivity index (χ2v) is 5.58. The molecule has 0 amide bonds. The summed E-state index contributed by atoms with van der Waals surface area (Å²) < 4.78 is 13.8. The normalized spacial score (nSPS) is 31.8. The first-order valence-corrected chi connectivity index (χ1v) is 6.58. The number of fused-ring (bicyclic) bond motifs is 1. The largest absolute Gasteiger partial charge is 0.396 e. The van der Waals surface area contributed by atoms with E-state index in [0.717, 1.165) is 25.9 Å². The van der Waals surface area contributed by atoms with E-state index < -0.39 is 0 Å². The van der Waals surface area contributed by atoms with Crippen LogP contribution in [0.15, 0.2) is 18.2 Å². The third-order valence-corrected chi connectivity index (χ3v) is 4.40. The average molecular weight is 250 g/mol. The summed E-state index contributed by atoms with van der Waals surface area (Å²) in [7, 11) is 0.